The van der Waals surface area contributed by atoms with E-state index < -0.39 is 10.0 Å². The van der Waals surface area contributed by atoms with Crippen molar-refractivity contribution in [3.05, 3.63) is 53.1 Å². The van der Waals surface area contributed by atoms with Crippen molar-refractivity contribution in [2.75, 3.05) is 16.8 Å². The maximum absolute atomic E-state index is 12.8. The second-order valence-corrected chi connectivity index (χ2v) is 10.7. The Morgan fingerprint density at radius 1 is 1.06 bits per heavy atom. The number of nitrogens with one attached hydrogen (secondary N) is 2. The Morgan fingerprint density at radius 2 is 1.75 bits per heavy atom. The summed E-state index contributed by atoms with van der Waals surface area (Å²) in [6, 6.07) is 10.7. The van der Waals surface area contributed by atoms with Gasteiger partial charge in [0.1, 0.15) is 0 Å². The smallest absolute Gasteiger partial charge is 0.240 e. The lowest BCUT2D eigenvalue weighted by Crippen LogP contribution is -2.36. The fourth-order valence-corrected chi connectivity index (χ4v) is 5.37. The Bertz CT molecular complexity index is 1150. The van der Waals surface area contributed by atoms with Crippen molar-refractivity contribution in [2.24, 2.45) is 5.92 Å². The van der Waals surface area contributed by atoms with E-state index in [1.54, 1.807) is 12.1 Å². The number of hydrogen-bond donors (Lipinski definition) is 2. The normalized spacial score (nSPS) is 17.8. The second-order valence-electron chi connectivity index (χ2n) is 8.90. The molecule has 1 saturated carbocycles. The van der Waals surface area contributed by atoms with Crippen LogP contribution in [0.2, 0.25) is 0 Å². The van der Waals surface area contributed by atoms with Gasteiger partial charge in [0.15, 0.2) is 0 Å². The second kappa shape index (κ2) is 8.67. The first-order valence-electron chi connectivity index (χ1n) is 11.0. The van der Waals surface area contributed by atoms with Crippen LogP contribution in [0, 0.1) is 19.8 Å². The Balaban J connectivity index is 1.37. The van der Waals surface area contributed by atoms with Crippen LogP contribution in [-0.4, -0.2) is 32.8 Å². The van der Waals surface area contributed by atoms with Gasteiger partial charge in [0.05, 0.1) is 4.90 Å². The van der Waals surface area contributed by atoms with Gasteiger partial charge in [0.25, 0.3) is 0 Å². The van der Waals surface area contributed by atoms with Gasteiger partial charge in [-0.15, -0.1) is 0 Å². The number of carbonyl (C=O) groups excluding carboxylic acids is 2. The standard InChI is InChI=1S/C24H29N3O4S/c1-15-10-16(2)12-20(11-15)26-23(28)8-9-25-32(30,31)21-6-7-22-19(14-21)13-17(3)27(22)24(29)18-4-5-18/h6-7,10-12,14,17-18,25H,4-5,8-9,13H2,1-3H3,(H,26,28)/t17-/m1/s1. The molecule has 2 aliphatic rings. The third-order valence-electron chi connectivity index (χ3n) is 5.89. The summed E-state index contributed by atoms with van der Waals surface area (Å²) < 4.78 is 28.0. The number of carbonyl (C=O) groups is 2. The number of benzene rings is 2. The molecule has 0 spiro atoms. The molecule has 8 heteroatoms. The van der Waals surface area contributed by atoms with Crippen LogP contribution in [0.3, 0.4) is 0 Å². The zero-order chi connectivity index (χ0) is 23.0. The minimum atomic E-state index is -3.76. The van der Waals surface area contributed by atoms with Crippen LogP contribution in [-0.2, 0) is 26.0 Å². The van der Waals surface area contributed by atoms with Gasteiger partial charge in [-0.25, -0.2) is 13.1 Å². The first kappa shape index (κ1) is 22.5. The molecule has 1 heterocycles. The highest BCUT2D eigenvalue weighted by Gasteiger charge is 2.39. The molecule has 2 aromatic carbocycles. The molecule has 170 valence electrons. The lowest BCUT2D eigenvalue weighted by Gasteiger charge is -2.22. The van der Waals surface area contributed by atoms with Crippen LogP contribution >= 0.6 is 0 Å². The van der Waals surface area contributed by atoms with Gasteiger partial charge in [0.2, 0.25) is 21.8 Å². The van der Waals surface area contributed by atoms with Crippen LogP contribution in [0.25, 0.3) is 0 Å². The highest BCUT2D eigenvalue weighted by atomic mass is 32.2. The molecule has 1 aliphatic heterocycles. The van der Waals surface area contributed by atoms with E-state index in [9.17, 15) is 18.0 Å². The Morgan fingerprint density at radius 3 is 2.41 bits per heavy atom. The number of anilines is 2. The van der Waals surface area contributed by atoms with E-state index in [0.29, 0.717) is 12.1 Å². The summed E-state index contributed by atoms with van der Waals surface area (Å²) in [5, 5.41) is 2.81. The van der Waals surface area contributed by atoms with E-state index in [1.807, 2.05) is 43.9 Å². The number of rotatable bonds is 7. The topological polar surface area (TPSA) is 95.6 Å². The lowest BCUT2D eigenvalue weighted by atomic mass is 10.1. The van der Waals surface area contributed by atoms with E-state index in [2.05, 4.69) is 10.0 Å². The summed E-state index contributed by atoms with van der Waals surface area (Å²) in [5.74, 6) is -0.00200. The molecule has 0 bridgehead atoms. The summed E-state index contributed by atoms with van der Waals surface area (Å²) >= 11 is 0. The van der Waals surface area contributed by atoms with Crippen molar-refractivity contribution in [3.63, 3.8) is 0 Å². The Kier molecular flexibility index (Phi) is 6.09. The molecule has 0 saturated heterocycles. The van der Waals surface area contributed by atoms with E-state index in [1.165, 1.54) is 6.07 Å². The van der Waals surface area contributed by atoms with Crippen LogP contribution in [0.15, 0.2) is 41.3 Å². The molecule has 7 nitrogen and oxygen atoms in total. The van der Waals surface area contributed by atoms with Crippen LogP contribution in [0.4, 0.5) is 11.4 Å². The molecule has 2 amide bonds. The lowest BCUT2D eigenvalue weighted by molar-refractivity contribution is -0.120. The molecular weight excluding hydrogens is 426 g/mol. The van der Waals surface area contributed by atoms with Crippen molar-refractivity contribution >= 4 is 33.2 Å². The molecule has 2 N–H and O–H groups in total. The van der Waals surface area contributed by atoms with Crippen molar-refractivity contribution in [2.45, 2.75) is 57.4 Å². The van der Waals surface area contributed by atoms with Gasteiger partial charge < -0.3 is 10.2 Å². The van der Waals surface area contributed by atoms with E-state index in [0.717, 1.165) is 35.2 Å². The predicted molar refractivity (Wildman–Crippen MR) is 124 cm³/mol. The van der Waals surface area contributed by atoms with Crippen molar-refractivity contribution in [1.29, 1.82) is 0 Å². The number of hydrogen-bond acceptors (Lipinski definition) is 4. The number of aryl methyl sites for hydroxylation is 2. The summed E-state index contributed by atoms with van der Waals surface area (Å²) in [6.45, 7) is 5.89. The van der Waals surface area contributed by atoms with Crippen LogP contribution in [0.1, 0.15) is 42.9 Å². The van der Waals surface area contributed by atoms with Gasteiger partial charge in [-0.3, -0.25) is 9.59 Å². The monoisotopic (exact) mass is 455 g/mol. The van der Waals surface area contributed by atoms with E-state index in [4.69, 9.17) is 0 Å². The fourth-order valence-electron chi connectivity index (χ4n) is 4.29. The van der Waals surface area contributed by atoms with Gasteiger partial charge in [0, 0.05) is 36.3 Å². The SMILES string of the molecule is Cc1cc(C)cc(NC(=O)CCNS(=O)(=O)c2ccc3c(c2)C[C@@H](C)N3C(=O)C2CC2)c1. The summed E-state index contributed by atoms with van der Waals surface area (Å²) in [5.41, 5.74) is 4.46. The van der Waals surface area contributed by atoms with Crippen molar-refractivity contribution < 1.29 is 18.0 Å². The first-order chi connectivity index (χ1) is 15.1. The highest BCUT2D eigenvalue weighted by molar-refractivity contribution is 7.89. The number of amides is 2. The summed E-state index contributed by atoms with van der Waals surface area (Å²) in [4.78, 5) is 26.8. The quantitative estimate of drug-likeness (QED) is 0.670. The average Bonchev–Trinajstić information content (AvgIpc) is 3.48. The van der Waals surface area contributed by atoms with E-state index in [-0.39, 0.29) is 41.6 Å². The zero-order valence-electron chi connectivity index (χ0n) is 18.6. The molecule has 4 rings (SSSR count). The molecule has 32 heavy (non-hydrogen) atoms. The molecule has 1 fully saturated rings. The predicted octanol–water partition coefficient (Wildman–Crippen LogP) is 3.30. The molecule has 1 atom stereocenters. The third-order valence-corrected chi connectivity index (χ3v) is 7.35. The zero-order valence-corrected chi connectivity index (χ0v) is 19.5. The fraction of sp³-hybridized carbons (Fsp3) is 0.417. The van der Waals surface area contributed by atoms with Crippen LogP contribution in [0.5, 0.6) is 0 Å². The molecular formula is C24H29N3O4S. The maximum Gasteiger partial charge on any atom is 0.240 e. The molecule has 0 radical (unpaired) electrons. The average molecular weight is 456 g/mol. The Labute approximate surface area is 189 Å². The Hall–Kier alpha value is -2.71. The minimum Gasteiger partial charge on any atom is -0.326 e. The van der Waals surface area contributed by atoms with E-state index >= 15 is 0 Å². The molecule has 0 aromatic heterocycles. The largest absolute Gasteiger partial charge is 0.326 e. The van der Waals surface area contributed by atoms with Gasteiger partial charge in [-0.05, 0) is 87.1 Å². The summed E-state index contributed by atoms with van der Waals surface area (Å²) in [6.07, 6.45) is 2.53. The first-order valence-corrected chi connectivity index (χ1v) is 12.5. The van der Waals surface area contributed by atoms with Crippen LogP contribution < -0.4 is 14.9 Å². The van der Waals surface area contributed by atoms with Gasteiger partial charge in [-0.2, -0.15) is 0 Å². The van der Waals surface area contributed by atoms with Gasteiger partial charge >= 0.3 is 0 Å². The maximum atomic E-state index is 12.8. The number of fused-ring (bicyclic) bond motifs is 1. The van der Waals surface area contributed by atoms with Crippen molar-refractivity contribution in [1.82, 2.24) is 4.72 Å². The van der Waals surface area contributed by atoms with Crippen molar-refractivity contribution in [3.8, 4) is 0 Å². The summed E-state index contributed by atoms with van der Waals surface area (Å²) in [7, 11) is -3.76. The molecule has 0 unspecified atom stereocenters. The molecule has 2 aromatic rings. The number of sulfonamides is 1. The third kappa shape index (κ3) is 4.86. The van der Waals surface area contributed by atoms with Gasteiger partial charge in [-0.1, -0.05) is 6.07 Å². The number of nitrogens with zero attached hydrogens (tertiary/aromatic N) is 1. The minimum absolute atomic E-state index is 0.00125. The molecule has 1 aliphatic carbocycles. The highest BCUT2D eigenvalue weighted by Crippen LogP contribution is 2.39.